The minimum atomic E-state index is 0.892. The zero-order valence-corrected chi connectivity index (χ0v) is 14.7. The highest BCUT2D eigenvalue weighted by Gasteiger charge is 2.36. The van der Waals surface area contributed by atoms with Gasteiger partial charge >= 0.3 is 0 Å². The zero-order chi connectivity index (χ0) is 14.9. The summed E-state index contributed by atoms with van der Waals surface area (Å²) in [7, 11) is 0. The second kappa shape index (κ2) is 6.46. The largest absolute Gasteiger partial charge is 0.300 e. The summed E-state index contributed by atoms with van der Waals surface area (Å²) in [5.41, 5.74) is 1.41. The van der Waals surface area contributed by atoms with Crippen molar-refractivity contribution in [1.29, 1.82) is 0 Å². The molecule has 0 amide bonds. The van der Waals surface area contributed by atoms with Crippen LogP contribution in [0.4, 0.5) is 0 Å². The molecule has 2 nitrogen and oxygen atoms in total. The highest BCUT2D eigenvalue weighted by Crippen LogP contribution is 2.43. The van der Waals surface area contributed by atoms with Crippen molar-refractivity contribution >= 4 is 15.9 Å². The number of hydrogen-bond donors (Lipinski definition) is 0. The highest BCUT2D eigenvalue weighted by atomic mass is 79.9. The van der Waals surface area contributed by atoms with Crippen LogP contribution in [0.15, 0.2) is 40.9 Å². The average molecular weight is 361 g/mol. The van der Waals surface area contributed by atoms with Gasteiger partial charge < -0.3 is 4.90 Å². The van der Waals surface area contributed by atoms with E-state index in [9.17, 15) is 0 Å². The molecule has 2 aliphatic carbocycles. The SMILES string of the molecule is Brc1ccccc1CN1CCN(CC2CC3C=CC2C3)CC1. The first-order chi connectivity index (χ1) is 10.8. The number of halogens is 1. The predicted octanol–water partition coefficient (Wildman–Crippen LogP) is 3.78. The van der Waals surface area contributed by atoms with E-state index in [0.717, 1.165) is 24.3 Å². The monoisotopic (exact) mass is 360 g/mol. The minimum absolute atomic E-state index is 0.892. The van der Waals surface area contributed by atoms with Crippen molar-refractivity contribution in [1.82, 2.24) is 9.80 Å². The van der Waals surface area contributed by atoms with Crippen LogP contribution in [0, 0.1) is 17.8 Å². The summed E-state index contributed by atoms with van der Waals surface area (Å²) in [6.07, 6.45) is 7.82. The minimum Gasteiger partial charge on any atom is -0.300 e. The van der Waals surface area contributed by atoms with Gasteiger partial charge in [-0.25, -0.2) is 0 Å². The Morgan fingerprint density at radius 1 is 0.955 bits per heavy atom. The molecule has 1 saturated carbocycles. The Kier molecular flexibility index (Phi) is 4.38. The molecule has 1 aromatic carbocycles. The zero-order valence-electron chi connectivity index (χ0n) is 13.1. The van der Waals surface area contributed by atoms with Crippen LogP contribution in [0.5, 0.6) is 0 Å². The number of nitrogens with zero attached hydrogens (tertiary/aromatic N) is 2. The van der Waals surface area contributed by atoms with Gasteiger partial charge in [0.2, 0.25) is 0 Å². The van der Waals surface area contributed by atoms with Gasteiger partial charge in [0.25, 0.3) is 0 Å². The Morgan fingerprint density at radius 2 is 1.73 bits per heavy atom. The van der Waals surface area contributed by atoms with Crippen molar-refractivity contribution in [3.63, 3.8) is 0 Å². The lowest BCUT2D eigenvalue weighted by Crippen LogP contribution is -2.47. The van der Waals surface area contributed by atoms with Gasteiger partial charge in [-0.2, -0.15) is 0 Å². The predicted molar refractivity (Wildman–Crippen MR) is 94.7 cm³/mol. The normalized spacial score (nSPS) is 32.0. The van der Waals surface area contributed by atoms with Crippen molar-refractivity contribution in [2.75, 3.05) is 32.7 Å². The number of fused-ring (bicyclic) bond motifs is 2. The van der Waals surface area contributed by atoms with E-state index in [2.05, 4.69) is 62.1 Å². The van der Waals surface area contributed by atoms with E-state index >= 15 is 0 Å². The van der Waals surface area contributed by atoms with E-state index in [1.165, 1.54) is 55.6 Å². The summed E-state index contributed by atoms with van der Waals surface area (Å²) in [5.74, 6) is 2.74. The van der Waals surface area contributed by atoms with Crippen LogP contribution in [0.25, 0.3) is 0 Å². The van der Waals surface area contributed by atoms with Crippen molar-refractivity contribution in [2.24, 2.45) is 17.8 Å². The smallest absolute Gasteiger partial charge is 0.0246 e. The van der Waals surface area contributed by atoms with E-state index in [1.807, 2.05) is 0 Å². The van der Waals surface area contributed by atoms with Crippen LogP contribution in [-0.4, -0.2) is 42.5 Å². The topological polar surface area (TPSA) is 6.48 Å². The Morgan fingerprint density at radius 3 is 2.41 bits per heavy atom. The third-order valence-corrected chi connectivity index (χ3v) is 6.50. The molecule has 3 heteroatoms. The van der Waals surface area contributed by atoms with Gasteiger partial charge in [0.05, 0.1) is 0 Å². The van der Waals surface area contributed by atoms with Gasteiger partial charge in [0.1, 0.15) is 0 Å². The van der Waals surface area contributed by atoms with E-state index in [-0.39, 0.29) is 0 Å². The molecule has 1 saturated heterocycles. The van der Waals surface area contributed by atoms with Gasteiger partial charge in [-0.3, -0.25) is 4.90 Å². The van der Waals surface area contributed by atoms with E-state index in [0.29, 0.717) is 0 Å². The molecular weight excluding hydrogens is 336 g/mol. The van der Waals surface area contributed by atoms with E-state index in [4.69, 9.17) is 0 Å². The van der Waals surface area contributed by atoms with Crippen LogP contribution in [0.3, 0.4) is 0 Å². The number of rotatable bonds is 4. The number of piperazine rings is 1. The summed E-state index contributed by atoms with van der Waals surface area (Å²) in [4.78, 5) is 5.30. The van der Waals surface area contributed by atoms with Gasteiger partial charge in [0.15, 0.2) is 0 Å². The molecule has 4 rings (SSSR count). The molecule has 3 aliphatic rings. The Labute approximate surface area is 142 Å². The summed E-state index contributed by atoms with van der Waals surface area (Å²) in [5, 5.41) is 0. The molecule has 118 valence electrons. The summed E-state index contributed by atoms with van der Waals surface area (Å²) >= 11 is 3.67. The second-order valence-electron chi connectivity index (χ2n) is 7.21. The van der Waals surface area contributed by atoms with E-state index < -0.39 is 0 Å². The summed E-state index contributed by atoms with van der Waals surface area (Å²) in [6.45, 7) is 7.29. The molecule has 0 N–H and O–H groups in total. The lowest BCUT2D eigenvalue weighted by molar-refractivity contribution is 0.108. The third-order valence-electron chi connectivity index (χ3n) is 5.73. The average Bonchev–Trinajstić information content (AvgIpc) is 3.14. The molecule has 0 spiro atoms. The van der Waals surface area contributed by atoms with Gasteiger partial charge in [-0.15, -0.1) is 0 Å². The second-order valence-corrected chi connectivity index (χ2v) is 8.06. The number of benzene rings is 1. The molecule has 2 fully saturated rings. The lowest BCUT2D eigenvalue weighted by Gasteiger charge is -2.37. The maximum atomic E-state index is 3.67. The molecule has 22 heavy (non-hydrogen) atoms. The summed E-state index contributed by atoms with van der Waals surface area (Å²) in [6, 6.07) is 8.61. The fraction of sp³-hybridized carbons (Fsp3) is 0.579. The molecule has 3 atom stereocenters. The first kappa shape index (κ1) is 14.9. The third kappa shape index (κ3) is 3.17. The molecule has 0 aromatic heterocycles. The molecular formula is C19H25BrN2. The molecule has 1 aromatic rings. The van der Waals surface area contributed by atoms with Crippen LogP contribution in [0.2, 0.25) is 0 Å². The fourth-order valence-corrected chi connectivity index (χ4v) is 4.84. The standard InChI is InChI=1S/C19H25BrN2/c20-19-4-2-1-3-17(19)13-21-7-9-22(10-8-21)14-18-12-15-5-6-16(18)11-15/h1-6,15-16,18H,7-14H2. The first-order valence-corrected chi connectivity index (χ1v) is 9.43. The van der Waals surface area contributed by atoms with Crippen molar-refractivity contribution in [3.8, 4) is 0 Å². The quantitative estimate of drug-likeness (QED) is 0.753. The number of allylic oxidation sites excluding steroid dienone is 2. The van der Waals surface area contributed by atoms with Gasteiger partial charge in [-0.05, 0) is 42.2 Å². The fourth-order valence-electron chi connectivity index (χ4n) is 4.43. The maximum Gasteiger partial charge on any atom is 0.0246 e. The summed E-state index contributed by atoms with van der Waals surface area (Å²) < 4.78 is 1.24. The number of hydrogen-bond acceptors (Lipinski definition) is 2. The van der Waals surface area contributed by atoms with Crippen molar-refractivity contribution in [2.45, 2.75) is 19.4 Å². The Hall–Kier alpha value is -0.640. The Bertz CT molecular complexity index is 548. The van der Waals surface area contributed by atoms with Gasteiger partial charge in [0, 0.05) is 43.7 Å². The van der Waals surface area contributed by atoms with Crippen LogP contribution < -0.4 is 0 Å². The first-order valence-electron chi connectivity index (χ1n) is 8.64. The molecule has 1 aliphatic heterocycles. The molecule has 0 radical (unpaired) electrons. The van der Waals surface area contributed by atoms with E-state index in [1.54, 1.807) is 0 Å². The van der Waals surface area contributed by atoms with Crippen LogP contribution >= 0.6 is 15.9 Å². The van der Waals surface area contributed by atoms with Crippen LogP contribution in [0.1, 0.15) is 18.4 Å². The lowest BCUT2D eigenvalue weighted by atomic mass is 9.93. The van der Waals surface area contributed by atoms with Gasteiger partial charge in [-0.1, -0.05) is 46.3 Å². The Balaban J connectivity index is 1.26. The van der Waals surface area contributed by atoms with Crippen molar-refractivity contribution in [3.05, 3.63) is 46.5 Å². The van der Waals surface area contributed by atoms with Crippen LogP contribution in [-0.2, 0) is 6.54 Å². The molecule has 2 bridgehead atoms. The molecule has 3 unspecified atom stereocenters. The maximum absolute atomic E-state index is 3.67. The van der Waals surface area contributed by atoms with Crippen molar-refractivity contribution < 1.29 is 0 Å². The highest BCUT2D eigenvalue weighted by molar-refractivity contribution is 9.10. The molecule has 1 heterocycles.